The van der Waals surface area contributed by atoms with E-state index in [1.165, 1.54) is 0 Å². The fourth-order valence-corrected chi connectivity index (χ4v) is 2.54. The molecule has 2 heterocycles. The molecule has 0 fully saturated rings. The molecule has 0 saturated carbocycles. The third kappa shape index (κ3) is 4.27. The number of ether oxygens (including phenoxy) is 1. The van der Waals surface area contributed by atoms with E-state index < -0.39 is 0 Å². The molecule has 0 radical (unpaired) electrons. The molecule has 140 valence electrons. The second-order valence-corrected chi connectivity index (χ2v) is 5.96. The van der Waals surface area contributed by atoms with Gasteiger partial charge in [0.2, 0.25) is 5.82 Å². The number of hydrogen-bond acceptors (Lipinski definition) is 6. The standard InChI is InChI=1S/C21H17N3O4/c25-19(22-13-18-7-4-12-26-18)14-27-17-10-8-16(9-11-17)21-23-20(24-28-21)15-5-2-1-3-6-15/h1-12H,13-14H2,(H,22,25). The van der Waals surface area contributed by atoms with Crippen molar-refractivity contribution in [1.29, 1.82) is 0 Å². The number of nitrogens with one attached hydrogen (secondary N) is 1. The average molecular weight is 375 g/mol. The number of benzene rings is 2. The molecule has 0 unspecified atom stereocenters. The minimum atomic E-state index is -0.232. The average Bonchev–Trinajstić information content (AvgIpc) is 3.44. The van der Waals surface area contributed by atoms with Crippen molar-refractivity contribution in [3.63, 3.8) is 0 Å². The monoisotopic (exact) mass is 375 g/mol. The van der Waals surface area contributed by atoms with Crippen LogP contribution >= 0.6 is 0 Å². The van der Waals surface area contributed by atoms with Crippen LogP contribution in [0.25, 0.3) is 22.8 Å². The van der Waals surface area contributed by atoms with Gasteiger partial charge in [-0.2, -0.15) is 4.98 Å². The highest BCUT2D eigenvalue weighted by Gasteiger charge is 2.11. The zero-order valence-corrected chi connectivity index (χ0v) is 14.9. The Morgan fingerprint density at radius 1 is 0.964 bits per heavy atom. The summed E-state index contributed by atoms with van der Waals surface area (Å²) in [6.45, 7) is 0.244. The first-order valence-electron chi connectivity index (χ1n) is 8.69. The minimum Gasteiger partial charge on any atom is -0.484 e. The van der Waals surface area contributed by atoms with Crippen LogP contribution in [0.2, 0.25) is 0 Å². The van der Waals surface area contributed by atoms with Crippen molar-refractivity contribution < 1.29 is 18.5 Å². The van der Waals surface area contributed by atoms with E-state index in [2.05, 4.69) is 15.5 Å². The first-order chi connectivity index (χ1) is 13.8. The lowest BCUT2D eigenvalue weighted by atomic mass is 10.2. The van der Waals surface area contributed by atoms with Gasteiger partial charge in [0.25, 0.3) is 11.8 Å². The molecule has 0 saturated heterocycles. The molecule has 7 nitrogen and oxygen atoms in total. The highest BCUT2D eigenvalue weighted by molar-refractivity contribution is 5.77. The molecule has 1 N–H and O–H groups in total. The summed E-state index contributed by atoms with van der Waals surface area (Å²) in [6.07, 6.45) is 1.56. The predicted molar refractivity (Wildman–Crippen MR) is 101 cm³/mol. The van der Waals surface area contributed by atoms with E-state index in [0.29, 0.717) is 29.8 Å². The van der Waals surface area contributed by atoms with E-state index in [-0.39, 0.29) is 12.5 Å². The second-order valence-electron chi connectivity index (χ2n) is 5.96. The van der Waals surface area contributed by atoms with Crippen LogP contribution in [0.3, 0.4) is 0 Å². The number of carbonyl (C=O) groups excluding carboxylic acids is 1. The Morgan fingerprint density at radius 3 is 2.54 bits per heavy atom. The van der Waals surface area contributed by atoms with E-state index in [4.69, 9.17) is 13.7 Å². The van der Waals surface area contributed by atoms with Crippen LogP contribution in [0.15, 0.2) is 81.9 Å². The highest BCUT2D eigenvalue weighted by atomic mass is 16.5. The first-order valence-corrected chi connectivity index (χ1v) is 8.69. The van der Waals surface area contributed by atoms with E-state index in [0.717, 1.165) is 11.1 Å². The van der Waals surface area contributed by atoms with Crippen LogP contribution < -0.4 is 10.1 Å². The van der Waals surface area contributed by atoms with E-state index in [1.54, 1.807) is 42.7 Å². The van der Waals surface area contributed by atoms with Gasteiger partial charge in [-0.15, -0.1) is 0 Å². The van der Waals surface area contributed by atoms with Crippen LogP contribution in [0.5, 0.6) is 5.75 Å². The van der Waals surface area contributed by atoms with Crippen molar-refractivity contribution in [2.75, 3.05) is 6.61 Å². The molecule has 7 heteroatoms. The number of aromatic nitrogens is 2. The maximum Gasteiger partial charge on any atom is 0.258 e. The quantitative estimate of drug-likeness (QED) is 0.530. The number of rotatable bonds is 7. The molecule has 0 spiro atoms. The molecule has 2 aromatic heterocycles. The summed E-state index contributed by atoms with van der Waals surface area (Å²) < 4.78 is 16.0. The zero-order valence-electron chi connectivity index (χ0n) is 14.9. The van der Waals surface area contributed by atoms with Crippen LogP contribution in [0, 0.1) is 0 Å². The molecular formula is C21H17N3O4. The van der Waals surface area contributed by atoms with E-state index in [9.17, 15) is 4.79 Å². The van der Waals surface area contributed by atoms with Crippen LogP contribution in [0.1, 0.15) is 5.76 Å². The van der Waals surface area contributed by atoms with Gasteiger partial charge >= 0.3 is 0 Å². The maximum absolute atomic E-state index is 11.8. The number of furan rings is 1. The summed E-state index contributed by atoms with van der Waals surface area (Å²) >= 11 is 0. The van der Waals surface area contributed by atoms with Gasteiger partial charge < -0.3 is 19.0 Å². The maximum atomic E-state index is 11.8. The van der Waals surface area contributed by atoms with Gasteiger partial charge in [0.15, 0.2) is 6.61 Å². The lowest BCUT2D eigenvalue weighted by Crippen LogP contribution is -2.28. The summed E-state index contributed by atoms with van der Waals surface area (Å²) in [7, 11) is 0. The molecular weight excluding hydrogens is 358 g/mol. The molecule has 4 rings (SSSR count). The van der Waals surface area contributed by atoms with Crippen molar-refractivity contribution in [2.45, 2.75) is 6.54 Å². The lowest BCUT2D eigenvalue weighted by Gasteiger charge is -2.06. The molecule has 4 aromatic rings. The van der Waals surface area contributed by atoms with Crippen LogP contribution in [0.4, 0.5) is 0 Å². The smallest absolute Gasteiger partial charge is 0.258 e. The van der Waals surface area contributed by atoms with Gasteiger partial charge in [-0.05, 0) is 36.4 Å². The van der Waals surface area contributed by atoms with E-state index in [1.807, 2.05) is 30.3 Å². The van der Waals surface area contributed by atoms with Gasteiger partial charge in [-0.1, -0.05) is 35.5 Å². The summed E-state index contributed by atoms with van der Waals surface area (Å²) in [6, 6.07) is 20.3. The minimum absolute atomic E-state index is 0.0846. The van der Waals surface area contributed by atoms with Crippen molar-refractivity contribution >= 4 is 5.91 Å². The van der Waals surface area contributed by atoms with E-state index >= 15 is 0 Å². The van der Waals surface area contributed by atoms with Crippen LogP contribution in [-0.4, -0.2) is 22.7 Å². The predicted octanol–water partition coefficient (Wildman–Crippen LogP) is 3.69. The fourth-order valence-electron chi connectivity index (χ4n) is 2.54. The highest BCUT2D eigenvalue weighted by Crippen LogP contribution is 2.24. The van der Waals surface area contributed by atoms with Crippen molar-refractivity contribution in [1.82, 2.24) is 15.5 Å². The van der Waals surface area contributed by atoms with Gasteiger partial charge in [0.05, 0.1) is 12.8 Å². The topological polar surface area (TPSA) is 90.4 Å². The normalized spacial score (nSPS) is 10.6. The second kappa shape index (κ2) is 8.22. The Morgan fingerprint density at radius 2 is 1.79 bits per heavy atom. The Bertz CT molecular complexity index is 1030. The molecule has 0 atom stereocenters. The Kier molecular flexibility index (Phi) is 5.15. The molecule has 28 heavy (non-hydrogen) atoms. The van der Waals surface area contributed by atoms with Crippen molar-refractivity contribution in [3.8, 4) is 28.6 Å². The Hall–Kier alpha value is -3.87. The summed E-state index contributed by atoms with van der Waals surface area (Å²) in [5.41, 5.74) is 1.65. The molecule has 0 aliphatic rings. The SMILES string of the molecule is O=C(COc1ccc(-c2nc(-c3ccccc3)no2)cc1)NCc1ccco1. The van der Waals surface area contributed by atoms with Gasteiger partial charge in [0, 0.05) is 11.1 Å². The Balaban J connectivity index is 1.32. The summed E-state index contributed by atoms with van der Waals surface area (Å²) in [5, 5.41) is 6.73. The lowest BCUT2D eigenvalue weighted by molar-refractivity contribution is -0.123. The van der Waals surface area contributed by atoms with Gasteiger partial charge in [0.1, 0.15) is 11.5 Å². The number of carbonyl (C=O) groups is 1. The van der Waals surface area contributed by atoms with Gasteiger partial charge in [-0.3, -0.25) is 4.79 Å². The zero-order chi connectivity index (χ0) is 19.2. The van der Waals surface area contributed by atoms with Crippen molar-refractivity contribution in [3.05, 3.63) is 78.8 Å². The Labute approximate surface area is 161 Å². The molecule has 0 bridgehead atoms. The number of amides is 1. The fraction of sp³-hybridized carbons (Fsp3) is 0.0952. The van der Waals surface area contributed by atoms with Gasteiger partial charge in [-0.25, -0.2) is 0 Å². The number of nitrogens with zero attached hydrogens (tertiary/aromatic N) is 2. The van der Waals surface area contributed by atoms with Crippen molar-refractivity contribution in [2.24, 2.45) is 0 Å². The molecule has 0 aliphatic heterocycles. The largest absolute Gasteiger partial charge is 0.484 e. The third-order valence-electron chi connectivity index (χ3n) is 3.97. The van der Waals surface area contributed by atoms with Crippen LogP contribution in [-0.2, 0) is 11.3 Å². The summed E-state index contributed by atoms with van der Waals surface area (Å²) in [5.74, 6) is 1.97. The molecule has 1 amide bonds. The first kappa shape index (κ1) is 17.5. The third-order valence-corrected chi connectivity index (χ3v) is 3.97. The summed E-state index contributed by atoms with van der Waals surface area (Å²) in [4.78, 5) is 16.2. The number of hydrogen-bond donors (Lipinski definition) is 1. The molecule has 0 aliphatic carbocycles. The molecule has 2 aromatic carbocycles.